The topological polar surface area (TPSA) is 24.9 Å². The van der Waals surface area contributed by atoms with Crippen molar-refractivity contribution in [3.63, 3.8) is 0 Å². The molecule has 20 heavy (non-hydrogen) atoms. The van der Waals surface area contributed by atoms with Crippen molar-refractivity contribution < 1.29 is 4.39 Å². The fraction of sp³-hybridized carbons (Fsp3) is 0.267. The number of benzene rings is 1. The van der Waals surface area contributed by atoms with Crippen LogP contribution >= 0.6 is 27.7 Å². The van der Waals surface area contributed by atoms with E-state index < -0.39 is 0 Å². The molecule has 0 saturated heterocycles. The smallest absolute Gasteiger partial charge is 0.123 e. The Kier molecular flexibility index (Phi) is 5.57. The Morgan fingerprint density at radius 2 is 2.15 bits per heavy atom. The summed E-state index contributed by atoms with van der Waals surface area (Å²) in [6.45, 7) is 4.93. The highest BCUT2D eigenvalue weighted by Crippen LogP contribution is 2.33. The first-order valence-electron chi connectivity index (χ1n) is 6.42. The first-order valence-corrected chi connectivity index (χ1v) is 8.03. The van der Waals surface area contributed by atoms with Gasteiger partial charge in [-0.15, -0.1) is 0 Å². The molecule has 0 aliphatic rings. The Balaban J connectivity index is 2.28. The molecule has 2 aromatic rings. The van der Waals surface area contributed by atoms with Crippen molar-refractivity contribution in [1.29, 1.82) is 0 Å². The van der Waals surface area contributed by atoms with Crippen molar-refractivity contribution in [2.24, 2.45) is 0 Å². The Morgan fingerprint density at radius 3 is 2.80 bits per heavy atom. The van der Waals surface area contributed by atoms with E-state index in [9.17, 15) is 4.39 Å². The Morgan fingerprint density at radius 1 is 1.35 bits per heavy atom. The largest absolute Gasteiger partial charge is 0.310 e. The molecule has 0 aliphatic heterocycles. The molecule has 5 heteroatoms. The lowest BCUT2D eigenvalue weighted by molar-refractivity contribution is 0.574. The SMILES string of the molecule is CCNC(C)c1cc(F)ccc1Sc1ccc(Br)cn1. The van der Waals surface area contributed by atoms with Gasteiger partial charge in [-0.05, 0) is 65.3 Å². The molecule has 0 saturated carbocycles. The number of pyridine rings is 1. The van der Waals surface area contributed by atoms with Gasteiger partial charge in [0.1, 0.15) is 10.8 Å². The zero-order valence-electron chi connectivity index (χ0n) is 11.4. The molecule has 1 aromatic carbocycles. The quantitative estimate of drug-likeness (QED) is 0.834. The van der Waals surface area contributed by atoms with Crippen LogP contribution in [-0.2, 0) is 0 Å². The molecule has 0 aliphatic carbocycles. The number of hydrogen-bond acceptors (Lipinski definition) is 3. The zero-order chi connectivity index (χ0) is 14.5. The third-order valence-electron chi connectivity index (χ3n) is 2.86. The average molecular weight is 355 g/mol. The highest BCUT2D eigenvalue weighted by atomic mass is 79.9. The minimum Gasteiger partial charge on any atom is -0.310 e. The van der Waals surface area contributed by atoms with Crippen LogP contribution in [0.2, 0.25) is 0 Å². The molecule has 106 valence electrons. The number of rotatable bonds is 5. The van der Waals surface area contributed by atoms with Crippen LogP contribution < -0.4 is 5.32 Å². The standard InChI is InChI=1S/C15H16BrFN2S/c1-3-18-10(2)13-8-12(17)5-6-14(13)20-15-7-4-11(16)9-19-15/h4-10,18H,3H2,1-2H3. The molecule has 1 N–H and O–H groups in total. The monoisotopic (exact) mass is 354 g/mol. The van der Waals surface area contributed by atoms with Gasteiger partial charge in [0.05, 0.1) is 0 Å². The van der Waals surface area contributed by atoms with E-state index in [2.05, 4.69) is 26.2 Å². The van der Waals surface area contributed by atoms with Crippen LogP contribution in [0.5, 0.6) is 0 Å². The van der Waals surface area contributed by atoms with Crippen LogP contribution in [0.4, 0.5) is 4.39 Å². The van der Waals surface area contributed by atoms with E-state index in [4.69, 9.17) is 0 Å². The normalized spacial score (nSPS) is 12.4. The predicted octanol–water partition coefficient (Wildman–Crippen LogP) is 4.80. The molecule has 0 radical (unpaired) electrons. The molecule has 1 unspecified atom stereocenters. The molecule has 0 amide bonds. The first kappa shape index (κ1) is 15.5. The third kappa shape index (κ3) is 4.04. The van der Waals surface area contributed by atoms with Gasteiger partial charge in [-0.1, -0.05) is 18.7 Å². The molecule has 1 heterocycles. The molecule has 0 bridgehead atoms. The van der Waals surface area contributed by atoms with Crippen LogP contribution in [0, 0.1) is 5.82 Å². The van der Waals surface area contributed by atoms with Crippen LogP contribution in [0.3, 0.4) is 0 Å². The van der Waals surface area contributed by atoms with Crippen LogP contribution in [0.1, 0.15) is 25.5 Å². The van der Waals surface area contributed by atoms with Gasteiger partial charge in [0.15, 0.2) is 0 Å². The van der Waals surface area contributed by atoms with Gasteiger partial charge in [-0.3, -0.25) is 0 Å². The van der Waals surface area contributed by atoms with Gasteiger partial charge in [0, 0.05) is 21.6 Å². The van der Waals surface area contributed by atoms with Gasteiger partial charge in [-0.25, -0.2) is 9.37 Å². The molecule has 2 nitrogen and oxygen atoms in total. The van der Waals surface area contributed by atoms with Crippen molar-refractivity contribution in [1.82, 2.24) is 10.3 Å². The van der Waals surface area contributed by atoms with Gasteiger partial charge in [0.2, 0.25) is 0 Å². The van der Waals surface area contributed by atoms with Crippen molar-refractivity contribution >= 4 is 27.7 Å². The summed E-state index contributed by atoms with van der Waals surface area (Å²) < 4.78 is 14.4. The van der Waals surface area contributed by atoms with Crippen LogP contribution in [0.15, 0.2) is 50.9 Å². The van der Waals surface area contributed by atoms with Crippen molar-refractivity contribution in [3.05, 3.63) is 52.4 Å². The summed E-state index contributed by atoms with van der Waals surface area (Å²) in [5.74, 6) is -0.210. The first-order chi connectivity index (χ1) is 9.60. The third-order valence-corrected chi connectivity index (χ3v) is 4.37. The Hall–Kier alpha value is -0.910. The summed E-state index contributed by atoms with van der Waals surface area (Å²) in [6.07, 6.45) is 1.76. The van der Waals surface area contributed by atoms with E-state index in [-0.39, 0.29) is 11.9 Å². The van der Waals surface area contributed by atoms with E-state index in [0.29, 0.717) is 0 Å². The summed E-state index contributed by atoms with van der Waals surface area (Å²) >= 11 is 4.91. The fourth-order valence-electron chi connectivity index (χ4n) is 1.90. The maximum absolute atomic E-state index is 13.5. The van der Waals surface area contributed by atoms with E-state index in [1.807, 2.05) is 32.0 Å². The van der Waals surface area contributed by atoms with E-state index >= 15 is 0 Å². The highest BCUT2D eigenvalue weighted by Gasteiger charge is 2.12. The van der Waals surface area contributed by atoms with E-state index in [1.165, 1.54) is 6.07 Å². The number of nitrogens with zero attached hydrogens (tertiary/aromatic N) is 1. The Bertz CT molecular complexity index is 575. The molecule has 0 fully saturated rings. The minimum absolute atomic E-state index is 0.105. The predicted molar refractivity (Wildman–Crippen MR) is 84.6 cm³/mol. The summed E-state index contributed by atoms with van der Waals surface area (Å²) in [5.41, 5.74) is 0.960. The number of aromatic nitrogens is 1. The molecule has 2 rings (SSSR count). The summed E-state index contributed by atoms with van der Waals surface area (Å²) in [6, 6.07) is 8.89. The number of hydrogen-bond donors (Lipinski definition) is 1. The second kappa shape index (κ2) is 7.20. The lowest BCUT2D eigenvalue weighted by atomic mass is 10.1. The molecular formula is C15H16BrFN2S. The van der Waals surface area contributed by atoms with Gasteiger partial charge >= 0.3 is 0 Å². The van der Waals surface area contributed by atoms with E-state index in [1.54, 1.807) is 24.0 Å². The minimum atomic E-state index is -0.210. The van der Waals surface area contributed by atoms with Gasteiger partial charge < -0.3 is 5.32 Å². The summed E-state index contributed by atoms with van der Waals surface area (Å²) in [4.78, 5) is 5.37. The van der Waals surface area contributed by atoms with Crippen molar-refractivity contribution in [3.8, 4) is 0 Å². The second-order valence-electron chi connectivity index (χ2n) is 4.38. The lowest BCUT2D eigenvalue weighted by Gasteiger charge is -2.16. The second-order valence-corrected chi connectivity index (χ2v) is 6.36. The van der Waals surface area contributed by atoms with Gasteiger partial charge in [0.25, 0.3) is 0 Å². The summed E-state index contributed by atoms with van der Waals surface area (Å²) in [7, 11) is 0. The van der Waals surface area contributed by atoms with Crippen molar-refractivity contribution in [2.75, 3.05) is 6.54 Å². The molecule has 0 spiro atoms. The number of nitrogens with one attached hydrogen (secondary N) is 1. The maximum Gasteiger partial charge on any atom is 0.123 e. The highest BCUT2D eigenvalue weighted by molar-refractivity contribution is 9.10. The van der Waals surface area contributed by atoms with Gasteiger partial charge in [-0.2, -0.15) is 0 Å². The Labute approximate surface area is 131 Å². The molecular weight excluding hydrogens is 339 g/mol. The fourth-order valence-corrected chi connectivity index (χ4v) is 3.09. The van der Waals surface area contributed by atoms with Crippen LogP contribution in [-0.4, -0.2) is 11.5 Å². The average Bonchev–Trinajstić information content (AvgIpc) is 2.43. The van der Waals surface area contributed by atoms with Crippen molar-refractivity contribution in [2.45, 2.75) is 29.8 Å². The van der Waals surface area contributed by atoms with E-state index in [0.717, 1.165) is 26.5 Å². The van der Waals surface area contributed by atoms with Crippen LogP contribution in [0.25, 0.3) is 0 Å². The molecule has 1 aromatic heterocycles. The lowest BCUT2D eigenvalue weighted by Crippen LogP contribution is -2.18. The number of halogens is 2. The zero-order valence-corrected chi connectivity index (χ0v) is 13.8. The summed E-state index contributed by atoms with van der Waals surface area (Å²) in [5, 5.41) is 4.21. The maximum atomic E-state index is 13.5. The molecule has 1 atom stereocenters.